The lowest BCUT2D eigenvalue weighted by atomic mass is 9.96. The Kier molecular flexibility index (Phi) is 5.99. The van der Waals surface area contributed by atoms with Gasteiger partial charge in [0.2, 0.25) is 0 Å². The van der Waals surface area contributed by atoms with Gasteiger partial charge in [-0.1, -0.05) is 20.8 Å². The van der Waals surface area contributed by atoms with Gasteiger partial charge in [-0.2, -0.15) is 0 Å². The molecule has 2 heterocycles. The van der Waals surface area contributed by atoms with Crippen molar-refractivity contribution in [1.82, 2.24) is 15.2 Å². The van der Waals surface area contributed by atoms with Gasteiger partial charge in [-0.15, -0.1) is 0 Å². The second-order valence-corrected chi connectivity index (χ2v) is 7.40. The van der Waals surface area contributed by atoms with E-state index in [1.165, 1.54) is 6.07 Å². The predicted molar refractivity (Wildman–Crippen MR) is 91.5 cm³/mol. The smallest absolute Gasteiger partial charge is 0.317 e. The molecule has 1 fully saturated rings. The number of aliphatic hydroxyl groups is 1. The first-order valence-corrected chi connectivity index (χ1v) is 8.32. The van der Waals surface area contributed by atoms with Gasteiger partial charge >= 0.3 is 6.03 Å². The summed E-state index contributed by atoms with van der Waals surface area (Å²) in [6.07, 6.45) is 2.31. The number of aliphatic hydroxyl groups excluding tert-OH is 1. The van der Waals surface area contributed by atoms with Gasteiger partial charge in [0.25, 0.3) is 0 Å². The predicted octanol–water partition coefficient (Wildman–Crippen LogP) is 1.85. The molecule has 6 nitrogen and oxygen atoms in total. The van der Waals surface area contributed by atoms with E-state index in [2.05, 4.69) is 10.3 Å². The molecule has 1 aromatic heterocycles. The van der Waals surface area contributed by atoms with Gasteiger partial charge in [-0.05, 0) is 24.0 Å². The fraction of sp³-hybridized carbons (Fsp3) is 0.647. The molecule has 0 spiro atoms. The number of hydrogen-bond donors (Lipinski definition) is 2. The summed E-state index contributed by atoms with van der Waals surface area (Å²) in [7, 11) is 0. The number of rotatable bonds is 5. The van der Waals surface area contributed by atoms with Crippen LogP contribution in [-0.2, 0) is 0 Å². The summed E-state index contributed by atoms with van der Waals surface area (Å²) < 4.78 is 13.8. The van der Waals surface area contributed by atoms with Crippen LogP contribution in [0.15, 0.2) is 18.3 Å². The maximum absolute atomic E-state index is 13.8. The van der Waals surface area contributed by atoms with Crippen LogP contribution in [-0.4, -0.2) is 59.8 Å². The summed E-state index contributed by atoms with van der Waals surface area (Å²) in [5.41, 5.74) is -0.0503. The Bertz CT molecular complexity index is 562. The number of urea groups is 1. The van der Waals surface area contributed by atoms with Crippen LogP contribution in [0.3, 0.4) is 0 Å². The molecule has 1 aliphatic rings. The Morgan fingerprint density at radius 2 is 2.29 bits per heavy atom. The van der Waals surface area contributed by atoms with E-state index >= 15 is 0 Å². The summed E-state index contributed by atoms with van der Waals surface area (Å²) >= 11 is 0. The van der Waals surface area contributed by atoms with Crippen molar-refractivity contribution in [3.05, 3.63) is 24.1 Å². The average molecular weight is 338 g/mol. The average Bonchev–Trinajstić information content (AvgIpc) is 2.94. The lowest BCUT2D eigenvalue weighted by Gasteiger charge is -2.30. The van der Waals surface area contributed by atoms with Crippen LogP contribution in [0.5, 0.6) is 0 Å². The lowest BCUT2D eigenvalue weighted by molar-refractivity contribution is 0.150. The topological polar surface area (TPSA) is 68.7 Å². The minimum absolute atomic E-state index is 0.0503. The second kappa shape index (κ2) is 7.79. The van der Waals surface area contributed by atoms with Gasteiger partial charge < -0.3 is 20.2 Å². The van der Waals surface area contributed by atoms with E-state index in [1.54, 1.807) is 17.2 Å². The molecule has 0 aromatic carbocycles. The van der Waals surface area contributed by atoms with Crippen molar-refractivity contribution >= 4 is 11.8 Å². The number of halogens is 1. The van der Waals surface area contributed by atoms with Gasteiger partial charge in [0.1, 0.15) is 0 Å². The Morgan fingerprint density at radius 3 is 2.92 bits per heavy atom. The quantitative estimate of drug-likeness (QED) is 0.860. The number of carbonyl (C=O) groups is 1. The fourth-order valence-corrected chi connectivity index (χ4v) is 2.89. The third-order valence-electron chi connectivity index (χ3n) is 3.88. The fourth-order valence-electron chi connectivity index (χ4n) is 2.89. The van der Waals surface area contributed by atoms with Gasteiger partial charge in [-0.3, -0.25) is 0 Å². The number of hydrogen-bond acceptors (Lipinski definition) is 4. The highest BCUT2D eigenvalue weighted by molar-refractivity contribution is 5.74. The molecule has 2 rings (SSSR count). The molecule has 0 radical (unpaired) electrons. The zero-order valence-electron chi connectivity index (χ0n) is 14.6. The summed E-state index contributed by atoms with van der Waals surface area (Å²) in [4.78, 5) is 20.0. The summed E-state index contributed by atoms with van der Waals surface area (Å²) in [6.45, 7) is 8.11. The van der Waals surface area contributed by atoms with E-state index in [1.807, 2.05) is 25.7 Å². The van der Waals surface area contributed by atoms with E-state index < -0.39 is 0 Å². The number of pyridine rings is 1. The number of carbonyl (C=O) groups excluding carboxylic acids is 1. The van der Waals surface area contributed by atoms with E-state index in [-0.39, 0.29) is 29.9 Å². The molecule has 134 valence electrons. The molecule has 0 bridgehead atoms. The van der Waals surface area contributed by atoms with Crippen LogP contribution in [0.2, 0.25) is 0 Å². The molecular weight excluding hydrogens is 311 g/mol. The standard InChI is InChI=1S/C17H27FN4O2/c1-17(2,3)12-22(9-10-23)16(24)20-13-6-8-21(11-13)15-14(18)5-4-7-19-15/h4-5,7,13,23H,6,8-12H2,1-3H3,(H,20,24)/t13-/m1/s1. The van der Waals surface area contributed by atoms with Gasteiger partial charge in [-0.25, -0.2) is 14.2 Å². The number of aromatic nitrogens is 1. The third-order valence-corrected chi connectivity index (χ3v) is 3.88. The molecule has 1 saturated heterocycles. The van der Waals surface area contributed by atoms with Crippen LogP contribution in [0, 0.1) is 11.2 Å². The van der Waals surface area contributed by atoms with Gasteiger partial charge in [0.05, 0.1) is 6.61 Å². The SMILES string of the molecule is CC(C)(C)CN(CCO)C(=O)N[C@@H]1CCN(c2ncccc2F)C1. The number of anilines is 1. The van der Waals surface area contributed by atoms with Crippen molar-refractivity contribution in [2.45, 2.75) is 33.2 Å². The van der Waals surface area contributed by atoms with Gasteiger partial charge in [0, 0.05) is 38.4 Å². The summed E-state index contributed by atoms with van der Waals surface area (Å²) in [6, 6.07) is 2.71. The third kappa shape index (κ3) is 5.06. The normalized spacial score (nSPS) is 17.9. The van der Waals surface area contributed by atoms with Crippen molar-refractivity contribution in [3.63, 3.8) is 0 Å². The molecule has 1 aliphatic heterocycles. The maximum Gasteiger partial charge on any atom is 0.317 e. The second-order valence-electron chi connectivity index (χ2n) is 7.40. The number of amides is 2. The highest BCUT2D eigenvalue weighted by atomic mass is 19.1. The van der Waals surface area contributed by atoms with E-state index in [4.69, 9.17) is 0 Å². The molecule has 24 heavy (non-hydrogen) atoms. The minimum Gasteiger partial charge on any atom is -0.395 e. The van der Waals surface area contributed by atoms with Crippen LogP contribution in [0.25, 0.3) is 0 Å². The van der Waals surface area contributed by atoms with Crippen LogP contribution in [0.4, 0.5) is 15.0 Å². The molecule has 7 heteroatoms. The monoisotopic (exact) mass is 338 g/mol. The van der Waals surface area contributed by atoms with Crippen molar-refractivity contribution in [1.29, 1.82) is 0 Å². The highest BCUT2D eigenvalue weighted by Crippen LogP contribution is 2.21. The number of nitrogens with zero attached hydrogens (tertiary/aromatic N) is 3. The van der Waals surface area contributed by atoms with Crippen LogP contribution >= 0.6 is 0 Å². The van der Waals surface area contributed by atoms with Gasteiger partial charge in [0.15, 0.2) is 11.6 Å². The van der Waals surface area contributed by atoms with Crippen molar-refractivity contribution in [2.75, 3.05) is 37.7 Å². The zero-order valence-corrected chi connectivity index (χ0v) is 14.6. The molecule has 1 atom stereocenters. The minimum atomic E-state index is -0.348. The molecule has 2 amide bonds. The largest absolute Gasteiger partial charge is 0.395 e. The zero-order chi connectivity index (χ0) is 17.7. The van der Waals surface area contributed by atoms with Crippen LogP contribution < -0.4 is 10.2 Å². The molecule has 0 saturated carbocycles. The van der Waals surface area contributed by atoms with E-state index in [0.717, 1.165) is 6.42 Å². The molecule has 0 unspecified atom stereocenters. The Balaban J connectivity index is 1.93. The molecule has 1 aromatic rings. The number of nitrogens with one attached hydrogen (secondary N) is 1. The molecule has 0 aliphatic carbocycles. The molecule has 2 N–H and O–H groups in total. The first-order valence-electron chi connectivity index (χ1n) is 8.32. The van der Waals surface area contributed by atoms with E-state index in [9.17, 15) is 14.3 Å². The summed E-state index contributed by atoms with van der Waals surface area (Å²) in [5, 5.41) is 12.2. The van der Waals surface area contributed by atoms with Crippen LogP contribution in [0.1, 0.15) is 27.2 Å². The first kappa shape index (κ1) is 18.4. The molecular formula is C17H27FN4O2. The summed E-state index contributed by atoms with van der Waals surface area (Å²) in [5.74, 6) is -0.0183. The van der Waals surface area contributed by atoms with Crippen molar-refractivity contribution in [3.8, 4) is 0 Å². The van der Waals surface area contributed by atoms with Crippen molar-refractivity contribution < 1.29 is 14.3 Å². The Labute approximate surface area is 142 Å². The first-order chi connectivity index (χ1) is 11.3. The maximum atomic E-state index is 13.8. The lowest BCUT2D eigenvalue weighted by Crippen LogP contribution is -2.49. The van der Waals surface area contributed by atoms with E-state index in [0.29, 0.717) is 32.0 Å². The highest BCUT2D eigenvalue weighted by Gasteiger charge is 2.28. The van der Waals surface area contributed by atoms with Crippen molar-refractivity contribution in [2.24, 2.45) is 5.41 Å². The Morgan fingerprint density at radius 1 is 1.54 bits per heavy atom. The Hall–Kier alpha value is -1.89.